The van der Waals surface area contributed by atoms with E-state index in [2.05, 4.69) is 0 Å². The van der Waals surface area contributed by atoms with Gasteiger partial charge in [-0.15, -0.1) is 0 Å². The molecule has 64 valence electrons. The highest BCUT2D eigenvalue weighted by atomic mass is 16.5. The van der Waals surface area contributed by atoms with Gasteiger partial charge >= 0.3 is 0 Å². The molecule has 0 aliphatic carbocycles. The lowest BCUT2D eigenvalue weighted by molar-refractivity contribution is 0.378. The van der Waals surface area contributed by atoms with E-state index in [1.54, 1.807) is 6.07 Å². The van der Waals surface area contributed by atoms with Gasteiger partial charge in [0.25, 0.3) is 0 Å². The first kappa shape index (κ1) is 8.62. The predicted molar refractivity (Wildman–Crippen MR) is 42.4 cm³/mol. The Labute approximate surface area is 70.5 Å². The summed E-state index contributed by atoms with van der Waals surface area (Å²) in [4.78, 5) is 0. The average molecular weight is 166 g/mol. The van der Waals surface area contributed by atoms with Crippen molar-refractivity contribution < 1.29 is 9.15 Å². The van der Waals surface area contributed by atoms with Gasteiger partial charge in [0.2, 0.25) is 0 Å². The molecule has 0 aromatic carbocycles. The first-order valence-corrected chi connectivity index (χ1v) is 3.53. The van der Waals surface area contributed by atoms with Crippen molar-refractivity contribution in [3.63, 3.8) is 0 Å². The Kier molecular flexibility index (Phi) is 2.72. The Balaban J connectivity index is 2.80. The summed E-state index contributed by atoms with van der Waals surface area (Å²) in [6.45, 7) is 0. The number of methoxy groups -OCH3 is 1. The molecule has 2 N–H and O–H groups in total. The molecule has 0 fully saturated rings. The van der Waals surface area contributed by atoms with E-state index < -0.39 is 6.04 Å². The summed E-state index contributed by atoms with van der Waals surface area (Å²) in [5.74, 6) is 1.12. The third-order valence-electron chi connectivity index (χ3n) is 1.53. The molecule has 0 radical (unpaired) electrons. The van der Waals surface area contributed by atoms with Crippen LogP contribution in [0.4, 0.5) is 0 Å². The van der Waals surface area contributed by atoms with Crippen LogP contribution in [0.1, 0.15) is 18.2 Å². The van der Waals surface area contributed by atoms with E-state index in [9.17, 15) is 0 Å². The predicted octanol–water partition coefficient (Wildman–Crippen LogP) is 1.20. The topological polar surface area (TPSA) is 72.2 Å². The first-order valence-electron chi connectivity index (χ1n) is 3.53. The van der Waals surface area contributed by atoms with Gasteiger partial charge < -0.3 is 14.9 Å². The number of rotatable bonds is 3. The van der Waals surface area contributed by atoms with Crippen LogP contribution in [-0.2, 0) is 0 Å². The summed E-state index contributed by atoms with van der Waals surface area (Å²) in [7, 11) is 1.54. The van der Waals surface area contributed by atoms with E-state index in [0.29, 0.717) is 11.5 Å². The molecule has 0 unspecified atom stereocenters. The SMILES string of the molecule is COc1ccoc1[C@H](N)CC#N. The second-order valence-corrected chi connectivity index (χ2v) is 2.32. The zero-order valence-electron chi connectivity index (χ0n) is 6.78. The van der Waals surface area contributed by atoms with Crippen molar-refractivity contribution >= 4 is 0 Å². The van der Waals surface area contributed by atoms with Gasteiger partial charge in [-0.1, -0.05) is 0 Å². The molecule has 12 heavy (non-hydrogen) atoms. The Morgan fingerprint density at radius 2 is 2.58 bits per heavy atom. The minimum atomic E-state index is -0.403. The third-order valence-corrected chi connectivity index (χ3v) is 1.53. The lowest BCUT2D eigenvalue weighted by Crippen LogP contribution is -2.09. The van der Waals surface area contributed by atoms with Gasteiger partial charge in [0.05, 0.1) is 31.9 Å². The average Bonchev–Trinajstić information content (AvgIpc) is 2.51. The summed E-state index contributed by atoms with van der Waals surface area (Å²) in [6, 6.07) is 3.24. The van der Waals surface area contributed by atoms with E-state index in [4.69, 9.17) is 20.1 Å². The van der Waals surface area contributed by atoms with Gasteiger partial charge in [-0.25, -0.2) is 0 Å². The Morgan fingerprint density at radius 3 is 3.17 bits per heavy atom. The zero-order valence-corrected chi connectivity index (χ0v) is 6.78. The summed E-state index contributed by atoms with van der Waals surface area (Å²) >= 11 is 0. The molecule has 1 rings (SSSR count). The van der Waals surface area contributed by atoms with Gasteiger partial charge in [0, 0.05) is 6.07 Å². The fourth-order valence-corrected chi connectivity index (χ4v) is 0.939. The first-order chi connectivity index (χ1) is 5.79. The van der Waals surface area contributed by atoms with E-state index in [1.807, 2.05) is 6.07 Å². The van der Waals surface area contributed by atoms with Crippen LogP contribution in [0.3, 0.4) is 0 Å². The van der Waals surface area contributed by atoms with Crippen molar-refractivity contribution in [3.05, 3.63) is 18.1 Å². The van der Waals surface area contributed by atoms with Gasteiger partial charge in [-0.3, -0.25) is 0 Å². The quantitative estimate of drug-likeness (QED) is 0.732. The highest BCUT2D eigenvalue weighted by Crippen LogP contribution is 2.25. The van der Waals surface area contributed by atoms with E-state index in [0.717, 1.165) is 0 Å². The van der Waals surface area contributed by atoms with Crippen LogP contribution in [0.15, 0.2) is 16.7 Å². The van der Waals surface area contributed by atoms with Crippen molar-refractivity contribution in [3.8, 4) is 11.8 Å². The van der Waals surface area contributed by atoms with Crippen molar-refractivity contribution in [2.75, 3.05) is 7.11 Å². The summed E-state index contributed by atoms with van der Waals surface area (Å²) in [5, 5.41) is 8.39. The highest BCUT2D eigenvalue weighted by Gasteiger charge is 2.14. The maximum Gasteiger partial charge on any atom is 0.163 e. The summed E-state index contributed by atoms with van der Waals surface area (Å²) in [5.41, 5.74) is 5.63. The Bertz CT molecular complexity index is 287. The molecule has 1 atom stereocenters. The molecular formula is C8H10N2O2. The van der Waals surface area contributed by atoms with E-state index in [1.165, 1.54) is 13.4 Å². The number of furan rings is 1. The lowest BCUT2D eigenvalue weighted by Gasteiger charge is -2.05. The van der Waals surface area contributed by atoms with Crippen molar-refractivity contribution in [2.24, 2.45) is 5.73 Å². The van der Waals surface area contributed by atoms with Gasteiger partial charge in [-0.2, -0.15) is 5.26 Å². The second kappa shape index (κ2) is 3.79. The molecule has 0 spiro atoms. The molecule has 1 aromatic rings. The molecule has 0 bridgehead atoms. The number of hydrogen-bond acceptors (Lipinski definition) is 4. The van der Waals surface area contributed by atoms with Gasteiger partial charge in [0.1, 0.15) is 0 Å². The van der Waals surface area contributed by atoms with Crippen molar-refractivity contribution in [2.45, 2.75) is 12.5 Å². The third kappa shape index (κ3) is 1.57. The zero-order chi connectivity index (χ0) is 8.97. The standard InChI is InChI=1S/C8H10N2O2/c1-11-7-3-5-12-8(7)6(10)2-4-9/h3,5-6H,2,10H2,1H3/t6-/m1/s1. The van der Waals surface area contributed by atoms with Crippen molar-refractivity contribution in [1.82, 2.24) is 0 Å². The Hall–Kier alpha value is -1.47. The van der Waals surface area contributed by atoms with Crippen LogP contribution < -0.4 is 10.5 Å². The number of hydrogen-bond donors (Lipinski definition) is 1. The molecule has 0 saturated carbocycles. The fourth-order valence-electron chi connectivity index (χ4n) is 0.939. The normalized spacial score (nSPS) is 12.1. The smallest absolute Gasteiger partial charge is 0.163 e. The van der Waals surface area contributed by atoms with Crippen LogP contribution in [0, 0.1) is 11.3 Å². The molecule has 0 amide bonds. The molecule has 1 aromatic heterocycles. The monoisotopic (exact) mass is 166 g/mol. The molecule has 1 heterocycles. The van der Waals surface area contributed by atoms with Crippen LogP contribution in [0.25, 0.3) is 0 Å². The molecular weight excluding hydrogens is 156 g/mol. The number of nitrogens with zero attached hydrogens (tertiary/aromatic N) is 1. The molecule has 0 aliphatic rings. The minimum absolute atomic E-state index is 0.226. The largest absolute Gasteiger partial charge is 0.493 e. The van der Waals surface area contributed by atoms with Gasteiger partial charge in [-0.05, 0) is 0 Å². The lowest BCUT2D eigenvalue weighted by atomic mass is 10.2. The maximum atomic E-state index is 8.39. The van der Waals surface area contributed by atoms with Crippen LogP contribution in [0.5, 0.6) is 5.75 Å². The van der Waals surface area contributed by atoms with E-state index >= 15 is 0 Å². The number of nitriles is 1. The van der Waals surface area contributed by atoms with Crippen molar-refractivity contribution in [1.29, 1.82) is 5.26 Å². The minimum Gasteiger partial charge on any atom is -0.493 e. The van der Waals surface area contributed by atoms with Crippen LogP contribution >= 0.6 is 0 Å². The Morgan fingerprint density at radius 1 is 1.83 bits per heavy atom. The van der Waals surface area contributed by atoms with Crippen LogP contribution in [0.2, 0.25) is 0 Å². The molecule has 4 heteroatoms. The maximum absolute atomic E-state index is 8.39. The molecule has 0 saturated heterocycles. The number of ether oxygens (including phenoxy) is 1. The number of nitrogens with two attached hydrogens (primary N) is 1. The van der Waals surface area contributed by atoms with E-state index in [-0.39, 0.29) is 6.42 Å². The summed E-state index contributed by atoms with van der Waals surface area (Å²) < 4.78 is 10.0. The summed E-state index contributed by atoms with van der Waals surface area (Å²) in [6.07, 6.45) is 1.72. The highest BCUT2D eigenvalue weighted by molar-refractivity contribution is 5.27. The van der Waals surface area contributed by atoms with Crippen LogP contribution in [-0.4, -0.2) is 7.11 Å². The fraction of sp³-hybridized carbons (Fsp3) is 0.375. The van der Waals surface area contributed by atoms with Gasteiger partial charge in [0.15, 0.2) is 11.5 Å². The molecule has 0 aliphatic heterocycles. The second-order valence-electron chi connectivity index (χ2n) is 2.32. The molecule has 4 nitrogen and oxygen atoms in total.